The van der Waals surface area contributed by atoms with E-state index >= 15 is 0 Å². The molecule has 4 aromatic rings. The van der Waals surface area contributed by atoms with Crippen LogP contribution in [-0.2, 0) is 9.47 Å². The van der Waals surface area contributed by atoms with Gasteiger partial charge in [0.1, 0.15) is 9.88 Å². The fraction of sp³-hybridized carbons (Fsp3) is 0.154. The van der Waals surface area contributed by atoms with Crippen LogP contribution in [0.15, 0.2) is 54.6 Å². The summed E-state index contributed by atoms with van der Waals surface area (Å²) >= 11 is 0.970. The lowest BCUT2D eigenvalue weighted by atomic mass is 10.0. The summed E-state index contributed by atoms with van der Waals surface area (Å²) in [4.78, 5) is 43.1. The third kappa shape index (κ3) is 4.27. The molecule has 0 spiro atoms. The fourth-order valence-electron chi connectivity index (χ4n) is 3.64. The van der Waals surface area contributed by atoms with Gasteiger partial charge in [0, 0.05) is 10.9 Å². The van der Waals surface area contributed by atoms with E-state index in [0.29, 0.717) is 27.7 Å². The van der Waals surface area contributed by atoms with Crippen molar-refractivity contribution in [3.8, 4) is 11.3 Å². The van der Waals surface area contributed by atoms with Crippen molar-refractivity contribution in [2.24, 2.45) is 0 Å². The van der Waals surface area contributed by atoms with Crippen molar-refractivity contribution < 1.29 is 23.9 Å². The molecule has 0 saturated heterocycles. The first kappa shape index (κ1) is 23.1. The number of methoxy groups -OCH3 is 2. The highest BCUT2D eigenvalue weighted by atomic mass is 32.1. The number of nitrogens with zero attached hydrogens (tertiary/aromatic N) is 1. The van der Waals surface area contributed by atoms with Gasteiger partial charge in [0.25, 0.3) is 5.91 Å². The van der Waals surface area contributed by atoms with Crippen LogP contribution in [0.1, 0.15) is 41.5 Å². The zero-order chi connectivity index (χ0) is 24.4. The number of esters is 2. The Balaban J connectivity index is 1.82. The number of para-hydroxylation sites is 1. The molecule has 0 radical (unpaired) electrons. The molecule has 4 rings (SSSR count). The van der Waals surface area contributed by atoms with E-state index in [1.54, 1.807) is 13.0 Å². The highest BCUT2D eigenvalue weighted by Gasteiger charge is 2.27. The van der Waals surface area contributed by atoms with Crippen molar-refractivity contribution in [1.29, 1.82) is 0 Å². The van der Waals surface area contributed by atoms with Crippen molar-refractivity contribution >= 4 is 45.1 Å². The highest BCUT2D eigenvalue weighted by molar-refractivity contribution is 7.18. The van der Waals surface area contributed by atoms with E-state index in [9.17, 15) is 14.4 Å². The number of hydrogen-bond donors (Lipinski definition) is 1. The number of thiophene rings is 1. The van der Waals surface area contributed by atoms with Gasteiger partial charge in [-0.05, 0) is 31.5 Å². The Bertz CT molecular complexity index is 1420. The lowest BCUT2D eigenvalue weighted by Crippen LogP contribution is -2.15. The van der Waals surface area contributed by atoms with Crippen LogP contribution >= 0.6 is 11.3 Å². The number of amides is 1. The quantitative estimate of drug-likeness (QED) is 0.389. The van der Waals surface area contributed by atoms with E-state index < -0.39 is 17.8 Å². The predicted octanol–water partition coefficient (Wildman–Crippen LogP) is 5.41. The van der Waals surface area contributed by atoms with Gasteiger partial charge in [-0.25, -0.2) is 14.6 Å². The second-order valence-electron chi connectivity index (χ2n) is 7.64. The Kier molecular flexibility index (Phi) is 6.43. The monoisotopic (exact) mass is 474 g/mol. The molecule has 0 atom stereocenters. The SMILES string of the molecule is COC(=O)c1sc(NC(=O)c2cc(-c3ccc(C)cc3)nc3ccccc23)c(C(=O)OC)c1C. The molecule has 8 heteroatoms. The third-order valence-electron chi connectivity index (χ3n) is 5.44. The van der Waals surface area contributed by atoms with Gasteiger partial charge < -0.3 is 14.8 Å². The topological polar surface area (TPSA) is 94.6 Å². The molecule has 7 nitrogen and oxygen atoms in total. The number of ether oxygens (including phenoxy) is 2. The summed E-state index contributed by atoms with van der Waals surface area (Å²) in [6.45, 7) is 3.61. The Morgan fingerprint density at radius 1 is 0.912 bits per heavy atom. The van der Waals surface area contributed by atoms with Crippen molar-refractivity contribution in [3.63, 3.8) is 0 Å². The van der Waals surface area contributed by atoms with Gasteiger partial charge in [-0.1, -0.05) is 48.0 Å². The van der Waals surface area contributed by atoms with Crippen molar-refractivity contribution in [3.05, 3.63) is 81.7 Å². The minimum atomic E-state index is -0.654. The number of aryl methyl sites for hydroxylation is 1. The molecule has 0 bridgehead atoms. The maximum atomic E-state index is 13.5. The largest absolute Gasteiger partial charge is 0.465 e. The second-order valence-corrected chi connectivity index (χ2v) is 8.66. The number of aromatic nitrogens is 1. The van der Waals surface area contributed by atoms with Gasteiger partial charge in [-0.3, -0.25) is 4.79 Å². The first-order valence-corrected chi connectivity index (χ1v) is 11.2. The van der Waals surface area contributed by atoms with Gasteiger partial charge in [-0.15, -0.1) is 11.3 Å². The summed E-state index contributed by atoms with van der Waals surface area (Å²) in [5.74, 6) is -1.68. The summed E-state index contributed by atoms with van der Waals surface area (Å²) in [6, 6.07) is 16.9. The van der Waals surface area contributed by atoms with Crippen LogP contribution in [0.5, 0.6) is 0 Å². The molecule has 2 heterocycles. The van der Waals surface area contributed by atoms with Crippen LogP contribution in [-0.4, -0.2) is 37.0 Å². The van der Waals surface area contributed by atoms with Crippen LogP contribution in [0.3, 0.4) is 0 Å². The van der Waals surface area contributed by atoms with Gasteiger partial charge in [0.05, 0.1) is 36.6 Å². The van der Waals surface area contributed by atoms with Crippen LogP contribution < -0.4 is 5.32 Å². The Morgan fingerprint density at radius 2 is 1.59 bits per heavy atom. The van der Waals surface area contributed by atoms with E-state index in [1.807, 2.05) is 55.5 Å². The van der Waals surface area contributed by atoms with Crippen molar-refractivity contribution in [2.75, 3.05) is 19.5 Å². The van der Waals surface area contributed by atoms with E-state index in [-0.39, 0.29) is 15.4 Å². The van der Waals surface area contributed by atoms with Gasteiger partial charge in [-0.2, -0.15) is 0 Å². The highest BCUT2D eigenvalue weighted by Crippen LogP contribution is 2.35. The molecule has 34 heavy (non-hydrogen) atoms. The van der Waals surface area contributed by atoms with Crippen LogP contribution in [0.25, 0.3) is 22.2 Å². The zero-order valence-electron chi connectivity index (χ0n) is 19.1. The molecule has 0 aliphatic rings. The average Bonchev–Trinajstić information content (AvgIpc) is 3.18. The number of fused-ring (bicyclic) bond motifs is 1. The average molecular weight is 475 g/mol. The zero-order valence-corrected chi connectivity index (χ0v) is 19.9. The Labute approximate surface area is 200 Å². The molecule has 1 amide bonds. The van der Waals surface area contributed by atoms with E-state index in [0.717, 1.165) is 22.5 Å². The number of rotatable bonds is 5. The molecule has 0 fully saturated rings. The molecule has 2 aromatic carbocycles. The molecule has 2 aromatic heterocycles. The second kappa shape index (κ2) is 9.44. The summed E-state index contributed by atoms with van der Waals surface area (Å²) < 4.78 is 9.70. The molecule has 0 saturated carbocycles. The summed E-state index contributed by atoms with van der Waals surface area (Å²) in [5.41, 5.74) is 4.21. The lowest BCUT2D eigenvalue weighted by Gasteiger charge is -2.11. The minimum absolute atomic E-state index is 0.123. The smallest absolute Gasteiger partial charge is 0.348 e. The first-order chi connectivity index (χ1) is 16.3. The summed E-state index contributed by atoms with van der Waals surface area (Å²) in [6.07, 6.45) is 0. The number of carbonyl (C=O) groups is 3. The van der Waals surface area contributed by atoms with Gasteiger partial charge >= 0.3 is 11.9 Å². The number of nitrogens with one attached hydrogen (secondary N) is 1. The number of carbonyl (C=O) groups excluding carboxylic acids is 3. The normalized spacial score (nSPS) is 10.7. The number of anilines is 1. The predicted molar refractivity (Wildman–Crippen MR) is 132 cm³/mol. The fourth-order valence-corrected chi connectivity index (χ4v) is 4.75. The first-order valence-electron chi connectivity index (χ1n) is 10.4. The molecular formula is C26H22N2O5S. The molecule has 0 aliphatic carbocycles. The van der Waals surface area contributed by atoms with Crippen LogP contribution in [0.4, 0.5) is 5.00 Å². The Hall–Kier alpha value is -4.04. The van der Waals surface area contributed by atoms with Gasteiger partial charge in [0.15, 0.2) is 0 Å². The number of benzene rings is 2. The lowest BCUT2D eigenvalue weighted by molar-refractivity contribution is 0.0601. The maximum absolute atomic E-state index is 13.5. The number of hydrogen-bond acceptors (Lipinski definition) is 7. The molecular weight excluding hydrogens is 452 g/mol. The minimum Gasteiger partial charge on any atom is -0.465 e. The molecule has 0 aliphatic heterocycles. The Morgan fingerprint density at radius 3 is 2.26 bits per heavy atom. The summed E-state index contributed by atoms with van der Waals surface area (Å²) in [5, 5.41) is 3.68. The maximum Gasteiger partial charge on any atom is 0.348 e. The third-order valence-corrected chi connectivity index (χ3v) is 6.63. The molecule has 1 N–H and O–H groups in total. The van der Waals surface area contributed by atoms with Gasteiger partial charge in [0.2, 0.25) is 0 Å². The molecule has 172 valence electrons. The van der Waals surface area contributed by atoms with Crippen molar-refractivity contribution in [1.82, 2.24) is 4.98 Å². The number of pyridine rings is 1. The van der Waals surface area contributed by atoms with Crippen LogP contribution in [0.2, 0.25) is 0 Å². The standard InChI is InChI=1S/C26H22N2O5S/c1-14-9-11-16(12-10-14)20-13-18(17-7-5-6-8-19(17)27-20)23(29)28-24-21(25(30)32-3)15(2)22(34-24)26(31)33-4/h5-13H,1-4H3,(H,28,29). The summed E-state index contributed by atoms with van der Waals surface area (Å²) in [7, 11) is 2.50. The van der Waals surface area contributed by atoms with E-state index in [2.05, 4.69) is 5.32 Å². The van der Waals surface area contributed by atoms with E-state index in [1.165, 1.54) is 14.2 Å². The van der Waals surface area contributed by atoms with E-state index in [4.69, 9.17) is 14.5 Å². The van der Waals surface area contributed by atoms with Crippen molar-refractivity contribution in [2.45, 2.75) is 13.8 Å². The molecule has 0 unspecified atom stereocenters. The van der Waals surface area contributed by atoms with Crippen LogP contribution in [0, 0.1) is 13.8 Å².